The summed E-state index contributed by atoms with van der Waals surface area (Å²) in [5.41, 5.74) is 1.51. The van der Waals surface area contributed by atoms with Gasteiger partial charge in [-0.05, 0) is 43.7 Å². The summed E-state index contributed by atoms with van der Waals surface area (Å²) in [6.45, 7) is 1.98. The summed E-state index contributed by atoms with van der Waals surface area (Å²) in [5.74, 6) is -1.43. The van der Waals surface area contributed by atoms with Crippen LogP contribution in [-0.2, 0) is 0 Å². The first-order valence-corrected chi connectivity index (χ1v) is 7.46. The van der Waals surface area contributed by atoms with Gasteiger partial charge in [-0.1, -0.05) is 17.7 Å². The van der Waals surface area contributed by atoms with E-state index in [1.165, 1.54) is 4.90 Å². The quantitative estimate of drug-likeness (QED) is 0.924. The molecule has 0 bridgehead atoms. The van der Waals surface area contributed by atoms with Crippen molar-refractivity contribution in [2.24, 2.45) is 0 Å². The number of aryl methyl sites for hydroxylation is 1. The average molecular weight is 317 g/mol. The van der Waals surface area contributed by atoms with Gasteiger partial charge in [-0.25, -0.2) is 8.78 Å². The van der Waals surface area contributed by atoms with Crippen molar-refractivity contribution in [3.05, 3.63) is 70.8 Å². The first kappa shape index (κ1) is 15.6. The third-order valence-corrected chi connectivity index (χ3v) is 4.12. The highest BCUT2D eigenvalue weighted by atomic mass is 19.1. The number of likely N-dealkylation sites (tertiary alicyclic amines) is 1. The molecule has 1 aliphatic heterocycles. The van der Waals surface area contributed by atoms with Crippen molar-refractivity contribution >= 4 is 5.91 Å². The highest BCUT2D eigenvalue weighted by Crippen LogP contribution is 2.35. The van der Waals surface area contributed by atoms with Crippen molar-refractivity contribution in [2.45, 2.75) is 25.5 Å². The molecule has 1 fully saturated rings. The molecule has 1 saturated heterocycles. The summed E-state index contributed by atoms with van der Waals surface area (Å²) in [5, 5.41) is 9.93. The van der Waals surface area contributed by atoms with E-state index in [-0.39, 0.29) is 24.4 Å². The predicted molar refractivity (Wildman–Crippen MR) is 81.9 cm³/mol. The summed E-state index contributed by atoms with van der Waals surface area (Å²) in [6.07, 6.45) is -0.561. The van der Waals surface area contributed by atoms with E-state index >= 15 is 0 Å². The lowest BCUT2D eigenvalue weighted by Crippen LogP contribution is -2.32. The lowest BCUT2D eigenvalue weighted by molar-refractivity contribution is 0.0713. The molecule has 1 amide bonds. The molecule has 2 aromatic rings. The fraction of sp³-hybridized carbons (Fsp3) is 0.278. The molecule has 0 aromatic heterocycles. The van der Waals surface area contributed by atoms with Crippen LogP contribution in [0.1, 0.15) is 33.9 Å². The van der Waals surface area contributed by atoms with Gasteiger partial charge in [0.25, 0.3) is 5.91 Å². The van der Waals surface area contributed by atoms with E-state index in [1.807, 2.05) is 13.0 Å². The van der Waals surface area contributed by atoms with Crippen LogP contribution in [0, 0.1) is 18.6 Å². The normalized spacial score (nSPS) is 20.8. The number of carbonyl (C=O) groups excluding carboxylic acids is 1. The van der Waals surface area contributed by atoms with Gasteiger partial charge < -0.3 is 10.0 Å². The molecule has 0 saturated carbocycles. The van der Waals surface area contributed by atoms with Crippen LogP contribution < -0.4 is 0 Å². The molecule has 0 radical (unpaired) electrons. The number of nitrogens with zero attached hydrogens (tertiary/aromatic N) is 1. The predicted octanol–water partition coefficient (Wildman–Crippen LogP) is 3.22. The molecule has 0 spiro atoms. The van der Waals surface area contributed by atoms with Gasteiger partial charge in [-0.2, -0.15) is 0 Å². The Bertz CT molecular complexity index is 748. The van der Waals surface area contributed by atoms with Gasteiger partial charge in [-0.3, -0.25) is 4.79 Å². The molecular formula is C18H17F2NO2. The van der Waals surface area contributed by atoms with E-state index in [1.54, 1.807) is 18.2 Å². The minimum Gasteiger partial charge on any atom is -0.391 e. The summed E-state index contributed by atoms with van der Waals surface area (Å²) in [4.78, 5) is 14.1. The summed E-state index contributed by atoms with van der Waals surface area (Å²) in [7, 11) is 0. The van der Waals surface area contributed by atoms with Gasteiger partial charge in [0.2, 0.25) is 0 Å². The number of hydrogen-bond acceptors (Lipinski definition) is 2. The zero-order chi connectivity index (χ0) is 16.6. The molecule has 3 nitrogen and oxygen atoms in total. The maximum atomic E-state index is 14.1. The number of halogens is 2. The average Bonchev–Trinajstić information content (AvgIpc) is 2.90. The molecule has 3 rings (SSSR count). The molecule has 23 heavy (non-hydrogen) atoms. The minimum absolute atomic E-state index is 0.0996. The number of β-amino-alcohol motifs (C(OH)–C–C–N with tert-alkyl or cyclic N) is 1. The van der Waals surface area contributed by atoms with E-state index in [0.29, 0.717) is 5.56 Å². The molecule has 2 unspecified atom stereocenters. The first-order chi connectivity index (χ1) is 11.0. The van der Waals surface area contributed by atoms with E-state index in [0.717, 1.165) is 23.8 Å². The lowest BCUT2D eigenvalue weighted by atomic mass is 10.0. The maximum absolute atomic E-state index is 14.1. The van der Waals surface area contributed by atoms with Crippen molar-refractivity contribution in [3.8, 4) is 0 Å². The van der Waals surface area contributed by atoms with Crippen LogP contribution in [0.5, 0.6) is 0 Å². The summed E-state index contributed by atoms with van der Waals surface area (Å²) < 4.78 is 27.5. The first-order valence-electron chi connectivity index (χ1n) is 7.46. The Kier molecular flexibility index (Phi) is 4.13. The molecular weight excluding hydrogens is 300 g/mol. The topological polar surface area (TPSA) is 40.5 Å². The molecule has 5 heteroatoms. The second kappa shape index (κ2) is 6.08. The summed E-state index contributed by atoms with van der Waals surface area (Å²) in [6, 6.07) is 9.57. The van der Waals surface area contributed by atoms with Gasteiger partial charge in [-0.15, -0.1) is 0 Å². The number of amides is 1. The molecule has 2 atom stereocenters. The number of aliphatic hydroxyl groups is 1. The molecule has 1 aliphatic rings. The van der Waals surface area contributed by atoms with Gasteiger partial charge in [0.1, 0.15) is 11.6 Å². The van der Waals surface area contributed by atoms with Crippen LogP contribution in [0.15, 0.2) is 42.5 Å². The smallest absolute Gasteiger partial charge is 0.254 e. The van der Waals surface area contributed by atoms with E-state index < -0.39 is 23.8 Å². The molecule has 2 aromatic carbocycles. The van der Waals surface area contributed by atoms with Crippen LogP contribution in [0.3, 0.4) is 0 Å². The fourth-order valence-corrected chi connectivity index (χ4v) is 3.05. The monoisotopic (exact) mass is 317 g/mol. The number of aliphatic hydroxyl groups excluding tert-OH is 1. The highest BCUT2D eigenvalue weighted by Gasteiger charge is 2.37. The Morgan fingerprint density at radius 2 is 2.00 bits per heavy atom. The Morgan fingerprint density at radius 1 is 1.22 bits per heavy atom. The Labute approximate surface area is 133 Å². The molecule has 1 heterocycles. The third-order valence-electron chi connectivity index (χ3n) is 4.12. The molecule has 1 N–H and O–H groups in total. The van der Waals surface area contributed by atoms with Crippen molar-refractivity contribution in [3.63, 3.8) is 0 Å². The number of hydrogen-bond donors (Lipinski definition) is 1. The Morgan fingerprint density at radius 3 is 2.74 bits per heavy atom. The van der Waals surface area contributed by atoms with Crippen LogP contribution in [0.2, 0.25) is 0 Å². The van der Waals surface area contributed by atoms with Crippen LogP contribution >= 0.6 is 0 Å². The Hall–Kier alpha value is -2.27. The minimum atomic E-state index is -0.753. The van der Waals surface area contributed by atoms with Crippen molar-refractivity contribution in [2.75, 3.05) is 6.54 Å². The number of rotatable bonds is 2. The molecule has 0 aliphatic carbocycles. The Balaban J connectivity index is 1.97. The van der Waals surface area contributed by atoms with Crippen molar-refractivity contribution < 1.29 is 18.7 Å². The van der Waals surface area contributed by atoms with E-state index in [9.17, 15) is 18.7 Å². The second-order valence-corrected chi connectivity index (χ2v) is 5.90. The number of carbonyl (C=O) groups is 1. The van der Waals surface area contributed by atoms with Gasteiger partial charge in [0, 0.05) is 17.7 Å². The highest BCUT2D eigenvalue weighted by molar-refractivity contribution is 5.95. The van der Waals surface area contributed by atoms with Crippen LogP contribution in [0.25, 0.3) is 0 Å². The van der Waals surface area contributed by atoms with Crippen LogP contribution in [-0.4, -0.2) is 28.6 Å². The van der Waals surface area contributed by atoms with Gasteiger partial charge in [0.15, 0.2) is 0 Å². The number of benzene rings is 2. The van der Waals surface area contributed by atoms with Crippen molar-refractivity contribution in [1.29, 1.82) is 0 Å². The third kappa shape index (κ3) is 3.10. The SMILES string of the molecule is Cc1cccc(C(=O)N2CC(O)CC2c2cc(F)ccc2F)c1. The largest absolute Gasteiger partial charge is 0.391 e. The van der Waals surface area contributed by atoms with Gasteiger partial charge >= 0.3 is 0 Å². The van der Waals surface area contributed by atoms with E-state index in [4.69, 9.17) is 0 Å². The zero-order valence-electron chi connectivity index (χ0n) is 12.7. The van der Waals surface area contributed by atoms with E-state index in [2.05, 4.69) is 0 Å². The van der Waals surface area contributed by atoms with Gasteiger partial charge in [0.05, 0.1) is 12.1 Å². The standard InChI is InChI=1S/C18H17F2NO2/c1-11-3-2-4-12(7-11)18(23)21-10-14(22)9-17(21)15-8-13(19)5-6-16(15)20/h2-8,14,17,22H,9-10H2,1H3. The fourth-order valence-electron chi connectivity index (χ4n) is 3.05. The lowest BCUT2D eigenvalue weighted by Gasteiger charge is -2.25. The van der Waals surface area contributed by atoms with Crippen LogP contribution in [0.4, 0.5) is 8.78 Å². The zero-order valence-corrected chi connectivity index (χ0v) is 12.7. The van der Waals surface area contributed by atoms with Crippen molar-refractivity contribution in [1.82, 2.24) is 4.90 Å². The second-order valence-electron chi connectivity index (χ2n) is 5.90. The summed E-state index contributed by atoms with van der Waals surface area (Å²) >= 11 is 0. The molecule has 120 valence electrons. The maximum Gasteiger partial charge on any atom is 0.254 e.